The molecule has 2 rings (SSSR count). The minimum atomic E-state index is -0.294. The third-order valence-corrected chi connectivity index (χ3v) is 3.45. The first-order valence-electron chi connectivity index (χ1n) is 4.10. The molecule has 0 saturated heterocycles. The summed E-state index contributed by atoms with van der Waals surface area (Å²) >= 11 is 9.46. The molecule has 0 amide bonds. The van der Waals surface area contributed by atoms with Gasteiger partial charge in [-0.1, -0.05) is 33.6 Å². The van der Waals surface area contributed by atoms with Gasteiger partial charge in [0.1, 0.15) is 6.29 Å². The Balaban J connectivity index is 2.56. The molecule has 1 aromatic carbocycles. The number of halogens is 2. The van der Waals surface area contributed by atoms with E-state index in [9.17, 15) is 4.79 Å². The lowest BCUT2D eigenvalue weighted by Crippen LogP contribution is -2.09. The Morgan fingerprint density at radius 1 is 1.46 bits per heavy atom. The van der Waals surface area contributed by atoms with Crippen LogP contribution < -0.4 is 0 Å². The second-order valence-electron chi connectivity index (χ2n) is 3.37. The van der Waals surface area contributed by atoms with Gasteiger partial charge < -0.3 is 4.79 Å². The van der Waals surface area contributed by atoms with Gasteiger partial charge in [-0.25, -0.2) is 0 Å². The predicted molar refractivity (Wildman–Crippen MR) is 56.1 cm³/mol. The van der Waals surface area contributed by atoms with Crippen LogP contribution in [-0.4, -0.2) is 6.29 Å². The normalized spacial score (nSPS) is 18.3. The highest BCUT2D eigenvalue weighted by Crippen LogP contribution is 2.51. The largest absolute Gasteiger partial charge is 0.302 e. The predicted octanol–water partition coefficient (Wildman–Crippen LogP) is 3.33. The van der Waals surface area contributed by atoms with Gasteiger partial charge >= 0.3 is 0 Å². The van der Waals surface area contributed by atoms with Gasteiger partial charge in [-0.05, 0) is 30.5 Å². The van der Waals surface area contributed by atoms with Gasteiger partial charge in [0.2, 0.25) is 0 Å². The topological polar surface area (TPSA) is 17.1 Å². The molecule has 0 atom stereocenters. The van der Waals surface area contributed by atoms with E-state index in [1.54, 1.807) is 0 Å². The molecule has 0 spiro atoms. The van der Waals surface area contributed by atoms with Crippen LogP contribution in [0.25, 0.3) is 0 Å². The van der Waals surface area contributed by atoms with Gasteiger partial charge in [-0.3, -0.25) is 0 Å². The van der Waals surface area contributed by atoms with Crippen molar-refractivity contribution in [2.45, 2.75) is 18.3 Å². The molecule has 0 bridgehead atoms. The van der Waals surface area contributed by atoms with Crippen molar-refractivity contribution in [3.05, 3.63) is 33.3 Å². The van der Waals surface area contributed by atoms with Gasteiger partial charge in [0.15, 0.2) is 0 Å². The van der Waals surface area contributed by atoms with Crippen LogP contribution in [0, 0.1) is 0 Å². The average Bonchev–Trinajstić information content (AvgIpc) is 2.85. The van der Waals surface area contributed by atoms with Crippen molar-refractivity contribution >= 4 is 33.8 Å². The van der Waals surface area contributed by atoms with Gasteiger partial charge in [0.05, 0.1) is 5.41 Å². The minimum Gasteiger partial charge on any atom is -0.302 e. The van der Waals surface area contributed by atoms with Crippen LogP contribution in [0.5, 0.6) is 0 Å². The SMILES string of the molecule is O=CC1(c2c(Cl)cccc2Br)CC1. The van der Waals surface area contributed by atoms with E-state index in [0.717, 1.165) is 29.2 Å². The third kappa shape index (κ3) is 1.42. The van der Waals surface area contributed by atoms with Crippen molar-refractivity contribution in [2.24, 2.45) is 0 Å². The standard InChI is InChI=1S/C10H8BrClO/c11-7-2-1-3-8(12)9(7)10(6-13)4-5-10/h1-3,6H,4-5H2. The summed E-state index contributed by atoms with van der Waals surface area (Å²) in [6, 6.07) is 5.62. The molecule has 1 saturated carbocycles. The molecule has 13 heavy (non-hydrogen) atoms. The van der Waals surface area contributed by atoms with Crippen molar-refractivity contribution in [2.75, 3.05) is 0 Å². The molecule has 0 aromatic heterocycles. The van der Waals surface area contributed by atoms with Crippen LogP contribution in [0.15, 0.2) is 22.7 Å². The first kappa shape index (κ1) is 9.22. The Kier molecular flexibility index (Phi) is 2.20. The molecular weight excluding hydrogens is 251 g/mol. The fourth-order valence-electron chi connectivity index (χ4n) is 1.53. The van der Waals surface area contributed by atoms with Crippen LogP contribution in [0.3, 0.4) is 0 Å². The molecule has 0 heterocycles. The van der Waals surface area contributed by atoms with Crippen molar-refractivity contribution in [3.8, 4) is 0 Å². The van der Waals surface area contributed by atoms with Crippen LogP contribution in [0.4, 0.5) is 0 Å². The van der Waals surface area contributed by atoms with Crippen LogP contribution in [-0.2, 0) is 10.2 Å². The fourth-order valence-corrected chi connectivity index (χ4v) is 2.77. The highest BCUT2D eigenvalue weighted by molar-refractivity contribution is 9.10. The third-order valence-electron chi connectivity index (χ3n) is 2.47. The maximum Gasteiger partial charge on any atom is 0.130 e. The summed E-state index contributed by atoms with van der Waals surface area (Å²) in [6.45, 7) is 0. The molecular formula is C10H8BrClO. The van der Waals surface area contributed by atoms with E-state index in [1.165, 1.54) is 0 Å². The van der Waals surface area contributed by atoms with E-state index in [2.05, 4.69) is 15.9 Å². The lowest BCUT2D eigenvalue weighted by atomic mass is 9.98. The number of hydrogen-bond donors (Lipinski definition) is 0. The number of carbonyl (C=O) groups is 1. The van der Waals surface area contributed by atoms with Crippen molar-refractivity contribution in [1.82, 2.24) is 0 Å². The summed E-state index contributed by atoms with van der Waals surface area (Å²) in [5, 5.41) is 0.680. The average molecular weight is 260 g/mol. The number of carbonyl (C=O) groups excluding carboxylic acids is 1. The zero-order valence-corrected chi connectivity index (χ0v) is 9.23. The van der Waals surface area contributed by atoms with E-state index in [4.69, 9.17) is 11.6 Å². The Morgan fingerprint density at radius 2 is 2.15 bits per heavy atom. The highest BCUT2D eigenvalue weighted by Gasteiger charge is 2.46. The Morgan fingerprint density at radius 3 is 2.62 bits per heavy atom. The summed E-state index contributed by atoms with van der Waals surface area (Å²) in [4.78, 5) is 10.9. The second-order valence-corrected chi connectivity index (χ2v) is 4.63. The molecule has 1 aromatic rings. The Hall–Kier alpha value is -0.340. The van der Waals surface area contributed by atoms with E-state index in [-0.39, 0.29) is 5.41 Å². The Labute approximate surface area is 90.2 Å². The van der Waals surface area contributed by atoms with E-state index >= 15 is 0 Å². The zero-order valence-electron chi connectivity index (χ0n) is 6.89. The van der Waals surface area contributed by atoms with Crippen molar-refractivity contribution in [3.63, 3.8) is 0 Å². The number of benzene rings is 1. The molecule has 0 N–H and O–H groups in total. The second kappa shape index (κ2) is 3.10. The van der Waals surface area contributed by atoms with Gasteiger partial charge in [0, 0.05) is 9.50 Å². The Bertz CT molecular complexity index is 338. The lowest BCUT2D eigenvalue weighted by Gasteiger charge is -2.11. The first-order chi connectivity index (χ1) is 6.19. The van der Waals surface area contributed by atoms with Crippen molar-refractivity contribution < 1.29 is 4.79 Å². The maximum atomic E-state index is 10.9. The molecule has 1 fully saturated rings. The molecule has 1 aliphatic carbocycles. The molecule has 68 valence electrons. The van der Waals surface area contributed by atoms with Crippen LogP contribution in [0.2, 0.25) is 5.02 Å². The highest BCUT2D eigenvalue weighted by atomic mass is 79.9. The smallest absolute Gasteiger partial charge is 0.130 e. The number of rotatable bonds is 2. The summed E-state index contributed by atoms with van der Waals surface area (Å²) in [7, 11) is 0. The first-order valence-corrected chi connectivity index (χ1v) is 5.27. The zero-order chi connectivity index (χ0) is 9.47. The molecule has 0 aliphatic heterocycles. The van der Waals surface area contributed by atoms with Gasteiger partial charge in [0.25, 0.3) is 0 Å². The minimum absolute atomic E-state index is 0.294. The van der Waals surface area contributed by atoms with Gasteiger partial charge in [-0.2, -0.15) is 0 Å². The molecule has 0 unspecified atom stereocenters. The monoisotopic (exact) mass is 258 g/mol. The summed E-state index contributed by atoms with van der Waals surface area (Å²) in [5.41, 5.74) is 0.656. The maximum absolute atomic E-state index is 10.9. The molecule has 0 radical (unpaired) electrons. The number of hydrogen-bond acceptors (Lipinski definition) is 1. The molecule has 1 aliphatic rings. The number of aldehydes is 1. The van der Waals surface area contributed by atoms with Crippen LogP contribution in [0.1, 0.15) is 18.4 Å². The molecule has 1 nitrogen and oxygen atoms in total. The summed E-state index contributed by atoms with van der Waals surface area (Å²) < 4.78 is 0.935. The summed E-state index contributed by atoms with van der Waals surface area (Å²) in [6.07, 6.45) is 2.84. The van der Waals surface area contributed by atoms with Crippen LogP contribution >= 0.6 is 27.5 Å². The summed E-state index contributed by atoms with van der Waals surface area (Å²) in [5.74, 6) is 0. The quantitative estimate of drug-likeness (QED) is 0.745. The van der Waals surface area contributed by atoms with Crippen molar-refractivity contribution in [1.29, 1.82) is 0 Å². The molecule has 3 heteroatoms. The van der Waals surface area contributed by atoms with E-state index in [0.29, 0.717) is 5.02 Å². The fraction of sp³-hybridized carbons (Fsp3) is 0.300. The van der Waals surface area contributed by atoms with E-state index < -0.39 is 0 Å². The van der Waals surface area contributed by atoms with Gasteiger partial charge in [-0.15, -0.1) is 0 Å². The lowest BCUT2D eigenvalue weighted by molar-refractivity contribution is -0.109. The van der Waals surface area contributed by atoms with E-state index in [1.807, 2.05) is 18.2 Å².